The molecule has 5 rings (SSSR count). The van der Waals surface area contributed by atoms with Gasteiger partial charge in [-0.1, -0.05) is 12.1 Å². The topological polar surface area (TPSA) is 98.3 Å². The molecule has 172 valence electrons. The molecule has 0 radical (unpaired) electrons. The van der Waals surface area contributed by atoms with Crippen LogP contribution in [-0.2, 0) is 4.74 Å². The third-order valence-electron chi connectivity index (χ3n) is 5.64. The summed E-state index contributed by atoms with van der Waals surface area (Å²) in [5.74, 6) is 2.56. The van der Waals surface area contributed by atoms with Gasteiger partial charge >= 0.3 is 0 Å². The molecule has 0 unspecified atom stereocenters. The number of methoxy groups -OCH3 is 1. The normalized spacial score (nSPS) is 13.6. The van der Waals surface area contributed by atoms with Crippen molar-refractivity contribution in [1.82, 2.24) is 19.5 Å². The molecular weight excluding hydrogens is 432 g/mol. The Balaban J connectivity index is 1.75. The number of hydrogen-bond donors (Lipinski definition) is 0. The maximum absolute atomic E-state index is 9.94. The summed E-state index contributed by atoms with van der Waals surface area (Å²) < 4.78 is 18.7. The van der Waals surface area contributed by atoms with Gasteiger partial charge in [-0.15, -0.1) is 0 Å². The van der Waals surface area contributed by atoms with Crippen molar-refractivity contribution in [3.63, 3.8) is 0 Å². The van der Waals surface area contributed by atoms with Crippen LogP contribution < -0.4 is 14.4 Å². The third kappa shape index (κ3) is 3.89. The van der Waals surface area contributed by atoms with E-state index >= 15 is 0 Å². The second kappa shape index (κ2) is 9.37. The zero-order chi connectivity index (χ0) is 23.5. The van der Waals surface area contributed by atoms with E-state index in [1.807, 2.05) is 60.0 Å². The van der Waals surface area contributed by atoms with E-state index in [1.54, 1.807) is 7.11 Å². The van der Waals surface area contributed by atoms with Crippen LogP contribution >= 0.6 is 0 Å². The summed E-state index contributed by atoms with van der Waals surface area (Å²) >= 11 is 0. The molecule has 34 heavy (non-hydrogen) atoms. The fourth-order valence-electron chi connectivity index (χ4n) is 4.03. The van der Waals surface area contributed by atoms with E-state index in [0.717, 1.165) is 17.0 Å². The number of aromatic nitrogens is 4. The predicted molar refractivity (Wildman–Crippen MR) is 128 cm³/mol. The Hall–Kier alpha value is -4.16. The molecule has 1 fully saturated rings. The highest BCUT2D eigenvalue weighted by molar-refractivity contribution is 5.84. The van der Waals surface area contributed by atoms with Gasteiger partial charge in [0.25, 0.3) is 0 Å². The number of benzene rings is 2. The molecule has 3 heterocycles. The van der Waals surface area contributed by atoms with Gasteiger partial charge in [-0.3, -0.25) is 4.57 Å². The van der Waals surface area contributed by atoms with Crippen LogP contribution in [0.3, 0.4) is 0 Å². The van der Waals surface area contributed by atoms with Crippen LogP contribution in [0.4, 0.5) is 5.95 Å². The highest BCUT2D eigenvalue weighted by Crippen LogP contribution is 2.33. The first-order valence-electron chi connectivity index (χ1n) is 11.1. The minimum atomic E-state index is 0.219. The molecule has 0 saturated carbocycles. The van der Waals surface area contributed by atoms with E-state index in [2.05, 4.69) is 16.0 Å². The standard InChI is InChI=1S/C25H24N6O3/c1-3-34-18-10-8-17(9-11-18)23-27-19(16-26)22-24(29-23)31(20-6-4-5-7-21(20)32-2)25(28-22)30-12-14-33-15-13-30/h4-11H,3,12-15H2,1-2H3. The van der Waals surface area contributed by atoms with Crippen LogP contribution in [0.1, 0.15) is 12.6 Å². The van der Waals surface area contributed by atoms with Crippen molar-refractivity contribution in [1.29, 1.82) is 5.26 Å². The molecule has 0 aliphatic carbocycles. The average Bonchev–Trinajstić information content (AvgIpc) is 3.28. The highest BCUT2D eigenvalue weighted by Gasteiger charge is 2.25. The largest absolute Gasteiger partial charge is 0.495 e. The fraction of sp³-hybridized carbons (Fsp3) is 0.280. The minimum Gasteiger partial charge on any atom is -0.495 e. The fourth-order valence-corrected chi connectivity index (χ4v) is 4.03. The molecule has 1 saturated heterocycles. The van der Waals surface area contributed by atoms with Crippen molar-refractivity contribution >= 4 is 17.1 Å². The molecule has 0 atom stereocenters. The first kappa shape index (κ1) is 21.7. The first-order chi connectivity index (χ1) is 16.7. The van der Waals surface area contributed by atoms with Crippen LogP contribution in [-0.4, -0.2) is 59.5 Å². The number of nitriles is 1. The number of nitrogens with zero attached hydrogens (tertiary/aromatic N) is 6. The second-order valence-corrected chi connectivity index (χ2v) is 7.66. The molecule has 9 nitrogen and oxygen atoms in total. The van der Waals surface area contributed by atoms with Crippen LogP contribution in [0.5, 0.6) is 11.5 Å². The minimum absolute atomic E-state index is 0.219. The summed E-state index contributed by atoms with van der Waals surface area (Å²) in [5, 5.41) is 9.94. The van der Waals surface area contributed by atoms with Gasteiger partial charge in [0.05, 0.1) is 32.6 Å². The summed E-state index contributed by atoms with van der Waals surface area (Å²) in [4.78, 5) is 16.4. The Labute approximate surface area is 197 Å². The molecule has 2 aromatic carbocycles. The van der Waals surface area contributed by atoms with E-state index < -0.39 is 0 Å². The van der Waals surface area contributed by atoms with Gasteiger partial charge in [0.2, 0.25) is 5.95 Å². The lowest BCUT2D eigenvalue weighted by molar-refractivity contribution is 0.122. The zero-order valence-corrected chi connectivity index (χ0v) is 19.1. The highest BCUT2D eigenvalue weighted by atomic mass is 16.5. The Morgan fingerprint density at radius 2 is 1.79 bits per heavy atom. The Kier molecular flexibility index (Phi) is 5.97. The number of rotatable bonds is 6. The quantitative estimate of drug-likeness (QED) is 0.434. The summed E-state index contributed by atoms with van der Waals surface area (Å²) in [6.45, 7) is 5.09. The number of morpholine rings is 1. The average molecular weight is 457 g/mol. The summed E-state index contributed by atoms with van der Waals surface area (Å²) in [7, 11) is 1.63. The number of hydrogen-bond acceptors (Lipinski definition) is 8. The van der Waals surface area contributed by atoms with Gasteiger partial charge in [-0.2, -0.15) is 5.26 Å². The second-order valence-electron chi connectivity index (χ2n) is 7.66. The molecule has 0 spiro atoms. The van der Waals surface area contributed by atoms with E-state index in [-0.39, 0.29) is 5.69 Å². The Morgan fingerprint density at radius 1 is 1.03 bits per heavy atom. The Morgan fingerprint density at radius 3 is 2.50 bits per heavy atom. The monoisotopic (exact) mass is 456 g/mol. The summed E-state index contributed by atoms with van der Waals surface area (Å²) in [5.41, 5.74) is 2.78. The van der Waals surface area contributed by atoms with E-state index in [9.17, 15) is 5.26 Å². The maximum atomic E-state index is 9.94. The smallest absolute Gasteiger partial charge is 0.212 e. The van der Waals surface area contributed by atoms with E-state index in [1.165, 1.54) is 0 Å². The molecule has 1 aliphatic heterocycles. The molecule has 2 aromatic heterocycles. The number of para-hydroxylation sites is 2. The lowest BCUT2D eigenvalue weighted by Gasteiger charge is -2.28. The first-order valence-corrected chi connectivity index (χ1v) is 11.1. The van der Waals surface area contributed by atoms with Crippen molar-refractivity contribution in [2.24, 2.45) is 0 Å². The molecule has 1 aliphatic rings. The summed E-state index contributed by atoms with van der Waals surface area (Å²) in [6, 6.07) is 17.4. The summed E-state index contributed by atoms with van der Waals surface area (Å²) in [6.07, 6.45) is 0. The maximum Gasteiger partial charge on any atom is 0.212 e. The lowest BCUT2D eigenvalue weighted by atomic mass is 10.2. The SMILES string of the molecule is CCOc1ccc(-c2nc(C#N)c3nc(N4CCOCC4)n(-c4ccccc4OC)c3n2)cc1. The van der Waals surface area contributed by atoms with Crippen molar-refractivity contribution in [3.8, 4) is 34.6 Å². The van der Waals surface area contributed by atoms with Crippen LogP contribution in [0.2, 0.25) is 0 Å². The van der Waals surface area contributed by atoms with Gasteiger partial charge in [0.15, 0.2) is 17.2 Å². The van der Waals surface area contributed by atoms with Crippen molar-refractivity contribution in [3.05, 3.63) is 54.2 Å². The van der Waals surface area contributed by atoms with Crippen LogP contribution in [0.15, 0.2) is 48.5 Å². The lowest BCUT2D eigenvalue weighted by Crippen LogP contribution is -2.37. The van der Waals surface area contributed by atoms with Gasteiger partial charge < -0.3 is 19.1 Å². The molecule has 9 heteroatoms. The van der Waals surface area contributed by atoms with Crippen LogP contribution in [0.25, 0.3) is 28.2 Å². The number of fused-ring (bicyclic) bond motifs is 1. The number of ether oxygens (including phenoxy) is 3. The number of imidazole rings is 1. The van der Waals surface area contributed by atoms with Gasteiger partial charge in [0.1, 0.15) is 23.1 Å². The van der Waals surface area contributed by atoms with Crippen molar-refractivity contribution in [2.75, 3.05) is 44.9 Å². The van der Waals surface area contributed by atoms with Gasteiger partial charge in [-0.25, -0.2) is 15.0 Å². The molecule has 0 amide bonds. The zero-order valence-electron chi connectivity index (χ0n) is 19.1. The van der Waals surface area contributed by atoms with Crippen molar-refractivity contribution < 1.29 is 14.2 Å². The molecule has 0 N–H and O–H groups in total. The molecule has 0 bridgehead atoms. The molecule has 4 aromatic rings. The van der Waals surface area contributed by atoms with Gasteiger partial charge in [-0.05, 0) is 43.3 Å². The van der Waals surface area contributed by atoms with Gasteiger partial charge in [0, 0.05) is 18.7 Å². The molecular formula is C25H24N6O3. The third-order valence-corrected chi connectivity index (χ3v) is 5.64. The number of anilines is 1. The predicted octanol–water partition coefficient (Wildman–Crippen LogP) is 3.60. The van der Waals surface area contributed by atoms with E-state index in [4.69, 9.17) is 24.2 Å². The van der Waals surface area contributed by atoms with E-state index in [0.29, 0.717) is 61.6 Å². The van der Waals surface area contributed by atoms with Crippen LogP contribution in [0, 0.1) is 11.3 Å². The van der Waals surface area contributed by atoms with Crippen molar-refractivity contribution in [2.45, 2.75) is 6.92 Å². The Bertz CT molecular complexity index is 1350.